The van der Waals surface area contributed by atoms with Crippen molar-refractivity contribution in [2.24, 2.45) is 0 Å². The Hall–Kier alpha value is -0.412. The van der Waals surface area contributed by atoms with Gasteiger partial charge in [0.15, 0.2) is 0 Å². The van der Waals surface area contributed by atoms with Crippen molar-refractivity contribution in [3.05, 3.63) is 30.1 Å². The molecule has 0 saturated heterocycles. The number of aromatic nitrogens is 2. The summed E-state index contributed by atoms with van der Waals surface area (Å²) in [6, 6.07) is 5.56. The number of nitrogens with zero attached hydrogens (tertiary/aromatic N) is 2. The van der Waals surface area contributed by atoms with Gasteiger partial charge in [-0.05, 0) is 0 Å². The maximum absolute atomic E-state index is 12.4. The summed E-state index contributed by atoms with van der Waals surface area (Å²) < 4.78 is 2.95. The van der Waals surface area contributed by atoms with E-state index in [-0.39, 0.29) is 48.7 Å². The second-order valence-electron chi connectivity index (χ2n) is 5.99. The molecule has 2 N–H and O–H groups in total. The van der Waals surface area contributed by atoms with Gasteiger partial charge in [0.05, 0.1) is 0 Å². The summed E-state index contributed by atoms with van der Waals surface area (Å²) >= 11 is 0.173. The van der Waals surface area contributed by atoms with E-state index in [2.05, 4.69) is 10.3 Å². The number of hydrogen-bond acceptors (Lipinski definition) is 3. The zero-order chi connectivity index (χ0) is 14.9. The summed E-state index contributed by atoms with van der Waals surface area (Å²) in [5.41, 5.74) is 0.671. The number of pyridine rings is 1. The van der Waals surface area contributed by atoms with Crippen LogP contribution in [0.1, 0.15) is 42.6 Å². The predicted octanol–water partition coefficient (Wildman–Crippen LogP) is 0.666. The van der Waals surface area contributed by atoms with E-state index in [1.54, 1.807) is 6.07 Å². The van der Waals surface area contributed by atoms with Crippen LogP contribution >= 0.6 is 0 Å². The summed E-state index contributed by atoms with van der Waals surface area (Å²) in [7, 11) is 0. The topological polar surface area (TPSA) is 66.6 Å². The minimum absolute atomic E-state index is 0.144. The van der Waals surface area contributed by atoms with Crippen LogP contribution in [0.25, 0.3) is 5.65 Å². The number of nitrogens with one attached hydrogen (secondary N) is 1. The molecule has 0 unspecified atom stereocenters. The van der Waals surface area contributed by atoms with E-state index in [0.29, 0.717) is 12.2 Å². The molecule has 0 aromatic carbocycles. The zero-order valence-electron chi connectivity index (χ0n) is 12.3. The summed E-state index contributed by atoms with van der Waals surface area (Å²) in [4.78, 5) is 16.9. The number of carbonyl (C=O) groups excluding carboxylic acids is 1. The predicted molar refractivity (Wildman–Crippen MR) is 76.6 cm³/mol. The molecule has 108 valence electrons. The number of rotatable bonds is 3. The van der Waals surface area contributed by atoms with Crippen LogP contribution in [-0.4, -0.2) is 32.5 Å². The number of carbonyl (C=O) groups is 1. The quantitative estimate of drug-likeness (QED) is 0.653. The van der Waals surface area contributed by atoms with Gasteiger partial charge in [0.25, 0.3) is 0 Å². The van der Waals surface area contributed by atoms with Crippen LogP contribution in [0.4, 0.5) is 0 Å². The van der Waals surface area contributed by atoms with E-state index in [9.17, 15) is 9.90 Å². The molecular weight excluding hydrogens is 480 g/mol. The Morgan fingerprint density at radius 3 is 2.90 bits per heavy atom. The SMILES string of the molecule is O=C(NCC1(O)CCCCC1)c1cccc2n[c]([RaH])cn12. The van der Waals surface area contributed by atoms with E-state index in [0.717, 1.165) is 32.1 Å². The number of aliphatic hydroxyl groups is 1. The van der Waals surface area contributed by atoms with Crippen LogP contribution in [0.15, 0.2) is 24.4 Å². The number of amides is 1. The van der Waals surface area contributed by atoms with E-state index in [1.807, 2.05) is 22.7 Å². The third-order valence-corrected chi connectivity index (χ3v) is 6.19. The van der Waals surface area contributed by atoms with Crippen molar-refractivity contribution in [3.63, 3.8) is 0 Å². The molecule has 3 rings (SSSR count). The molecule has 1 saturated carbocycles. The van der Waals surface area contributed by atoms with Gasteiger partial charge in [-0.1, -0.05) is 0 Å². The molecule has 1 fully saturated rings. The molecule has 5 nitrogen and oxygen atoms in total. The van der Waals surface area contributed by atoms with E-state index < -0.39 is 5.60 Å². The molecule has 0 spiro atoms. The first-order valence-electron chi connectivity index (χ1n) is 7.53. The zero-order valence-corrected chi connectivity index (χ0v) is 20.5. The van der Waals surface area contributed by atoms with Gasteiger partial charge >= 0.3 is 154 Å². The van der Waals surface area contributed by atoms with E-state index >= 15 is 0 Å². The van der Waals surface area contributed by atoms with Crippen LogP contribution in [0.5, 0.6) is 0 Å². The fourth-order valence-corrected chi connectivity index (χ4v) is 5.04. The molecule has 2 aromatic heterocycles. The molecule has 1 aliphatic rings. The molecule has 2 heterocycles. The molecule has 0 bridgehead atoms. The molecule has 6 heteroatoms. The monoisotopic (exact) mass is 499 g/mol. The molecule has 0 atom stereocenters. The standard InChI is InChI=1S/C15H18N3O2.Ra.H/c19-14(17-11-15(20)7-2-1-3-8-15)12-5-4-6-13-16-9-10-18(12)13;;/h4-6,10,20H,1-3,7-8,11H2,(H,17,19);;. The summed E-state index contributed by atoms with van der Waals surface area (Å²) in [6.07, 6.45) is 6.75. The van der Waals surface area contributed by atoms with Crippen molar-refractivity contribution in [2.75, 3.05) is 6.54 Å². The fourth-order valence-electron chi connectivity index (χ4n) is 3.04. The molecule has 21 heavy (non-hydrogen) atoms. The van der Waals surface area contributed by atoms with E-state index in [1.165, 1.54) is 6.42 Å². The van der Waals surface area contributed by atoms with Crippen molar-refractivity contribution in [3.8, 4) is 0 Å². The summed E-state index contributed by atoms with van der Waals surface area (Å²) in [6.45, 7) is 0.330. The van der Waals surface area contributed by atoms with Gasteiger partial charge in [0.1, 0.15) is 0 Å². The second kappa shape index (κ2) is 6.37. The Kier molecular flexibility index (Phi) is 4.70. The number of imidazole rings is 1. The van der Waals surface area contributed by atoms with Gasteiger partial charge in [-0.3, -0.25) is 0 Å². The molecule has 1 amide bonds. The first-order chi connectivity index (χ1) is 10.1. The van der Waals surface area contributed by atoms with Gasteiger partial charge in [-0.2, -0.15) is 0 Å². The number of hydrogen-bond donors (Lipinski definition) is 2. The third-order valence-electron chi connectivity index (χ3n) is 4.21. The average molecular weight is 499 g/mol. The Morgan fingerprint density at radius 2 is 2.14 bits per heavy atom. The van der Waals surface area contributed by atoms with Crippen LogP contribution in [0.2, 0.25) is 0 Å². The first-order valence-corrected chi connectivity index (χ1v) is 11.6. The van der Waals surface area contributed by atoms with Crippen LogP contribution < -0.4 is 6.05 Å². The fraction of sp³-hybridized carbons (Fsp3) is 0.467. The third kappa shape index (κ3) is 3.50. The van der Waals surface area contributed by atoms with Crippen molar-refractivity contribution in [1.82, 2.24) is 14.7 Å². The average Bonchev–Trinajstić information content (AvgIpc) is 2.85. The van der Waals surface area contributed by atoms with E-state index in [4.69, 9.17) is 0 Å². The second-order valence-corrected chi connectivity index (χ2v) is 10.2. The minimum atomic E-state index is -0.732. The van der Waals surface area contributed by atoms with Gasteiger partial charge in [-0.25, -0.2) is 0 Å². The molecule has 0 radical (unpaired) electrons. The van der Waals surface area contributed by atoms with Gasteiger partial charge in [0, 0.05) is 0 Å². The Bertz CT molecular complexity index is 662. The Balaban J connectivity index is 1.75. The van der Waals surface area contributed by atoms with Crippen molar-refractivity contribution < 1.29 is 52.7 Å². The summed E-state index contributed by atoms with van der Waals surface area (Å²) in [5, 5.41) is 13.4. The van der Waals surface area contributed by atoms with Crippen molar-refractivity contribution in [2.45, 2.75) is 37.7 Å². The van der Waals surface area contributed by atoms with Crippen LogP contribution in [0.3, 0.4) is 0 Å². The van der Waals surface area contributed by atoms with Gasteiger partial charge < -0.3 is 0 Å². The normalized spacial score (nSPS) is 17.7. The van der Waals surface area contributed by atoms with Gasteiger partial charge in [0.2, 0.25) is 0 Å². The molecule has 2 aromatic rings. The Morgan fingerprint density at radius 1 is 1.38 bits per heavy atom. The molecule has 1 aliphatic carbocycles. The number of fused-ring (bicyclic) bond motifs is 1. The molecule has 0 aliphatic heterocycles. The molecular formula is C15H19N3O2Ra. The van der Waals surface area contributed by atoms with Crippen LogP contribution in [-0.2, 0) is 0 Å². The van der Waals surface area contributed by atoms with Gasteiger partial charge in [-0.15, -0.1) is 0 Å². The Labute approximate surface area is 152 Å². The van der Waals surface area contributed by atoms with Crippen molar-refractivity contribution >= 4 is 12.3 Å². The van der Waals surface area contributed by atoms with Crippen molar-refractivity contribution in [1.29, 1.82) is 0 Å². The summed E-state index contributed by atoms with van der Waals surface area (Å²) in [5.74, 6) is -0.144. The van der Waals surface area contributed by atoms with Crippen LogP contribution in [0, 0.1) is 42.8 Å². The maximum atomic E-state index is 12.4. The first kappa shape index (κ1) is 15.5.